The lowest BCUT2D eigenvalue weighted by molar-refractivity contribution is 0.0996. The quantitative estimate of drug-likeness (QED) is 0.722. The van der Waals surface area contributed by atoms with Gasteiger partial charge in [0.1, 0.15) is 5.69 Å². The van der Waals surface area contributed by atoms with Crippen LogP contribution in [0.5, 0.6) is 0 Å². The summed E-state index contributed by atoms with van der Waals surface area (Å²) in [6, 6.07) is 16.8. The molecule has 0 radical (unpaired) electrons. The van der Waals surface area contributed by atoms with Gasteiger partial charge in [0.2, 0.25) is 0 Å². The highest BCUT2D eigenvalue weighted by Gasteiger charge is 2.01. The van der Waals surface area contributed by atoms with Crippen LogP contribution in [0.25, 0.3) is 10.9 Å². The topological polar surface area (TPSA) is 68.9 Å². The van der Waals surface area contributed by atoms with Crippen LogP contribution < -0.4 is 5.73 Å². The van der Waals surface area contributed by atoms with Crippen molar-refractivity contribution in [3.8, 4) is 0 Å². The number of amides is 1. The van der Waals surface area contributed by atoms with Crippen LogP contribution in [0.4, 0.5) is 0 Å². The van der Waals surface area contributed by atoms with Gasteiger partial charge in [-0.05, 0) is 24.3 Å². The predicted octanol–water partition coefficient (Wildman–Crippen LogP) is 2.42. The lowest BCUT2D eigenvalue weighted by atomic mass is 10.2. The van der Waals surface area contributed by atoms with Crippen molar-refractivity contribution in [3.05, 3.63) is 72.7 Å². The molecule has 0 saturated carbocycles. The van der Waals surface area contributed by atoms with E-state index in [2.05, 4.69) is 9.97 Å². The molecule has 1 aromatic carbocycles. The number of carbonyl (C=O) groups is 1. The number of para-hydroxylation sites is 1. The summed E-state index contributed by atoms with van der Waals surface area (Å²) in [6.45, 7) is 0. The van der Waals surface area contributed by atoms with Crippen LogP contribution in [-0.4, -0.2) is 15.9 Å². The number of nitrogens with two attached hydrogens (primary N) is 1. The number of hydrogen-bond donors (Lipinski definition) is 1. The fourth-order valence-corrected chi connectivity index (χ4v) is 1.52. The van der Waals surface area contributed by atoms with Crippen LogP contribution in [0.15, 0.2) is 67.0 Å². The van der Waals surface area contributed by atoms with Gasteiger partial charge in [-0.15, -0.1) is 0 Å². The van der Waals surface area contributed by atoms with Crippen molar-refractivity contribution in [1.29, 1.82) is 0 Å². The van der Waals surface area contributed by atoms with E-state index in [9.17, 15) is 4.79 Å². The summed E-state index contributed by atoms with van der Waals surface area (Å²) in [5.74, 6) is -0.495. The first-order valence-corrected chi connectivity index (χ1v) is 5.78. The van der Waals surface area contributed by atoms with Crippen LogP contribution in [0.1, 0.15) is 10.5 Å². The normalized spacial score (nSPS) is 9.47. The van der Waals surface area contributed by atoms with Crippen LogP contribution in [0, 0.1) is 0 Å². The van der Waals surface area contributed by atoms with Crippen LogP contribution in [0.2, 0.25) is 0 Å². The first kappa shape index (κ1) is 12.7. The second-order valence-electron chi connectivity index (χ2n) is 3.78. The summed E-state index contributed by atoms with van der Waals surface area (Å²) in [5, 5.41) is 1.01. The maximum absolute atomic E-state index is 10.8. The number of carbonyl (C=O) groups excluding carboxylic acids is 1. The van der Waals surface area contributed by atoms with Crippen molar-refractivity contribution in [2.24, 2.45) is 5.73 Å². The molecule has 0 bridgehead atoms. The number of hydrogen-bond acceptors (Lipinski definition) is 3. The van der Waals surface area contributed by atoms with Gasteiger partial charge in [0.25, 0.3) is 5.91 Å². The van der Waals surface area contributed by atoms with Crippen molar-refractivity contribution in [3.63, 3.8) is 0 Å². The third-order valence-corrected chi connectivity index (χ3v) is 2.42. The second-order valence-corrected chi connectivity index (χ2v) is 3.78. The van der Waals surface area contributed by atoms with E-state index in [0.29, 0.717) is 5.69 Å². The Hall–Kier alpha value is -2.75. The summed E-state index contributed by atoms with van der Waals surface area (Å²) >= 11 is 0. The predicted molar refractivity (Wildman–Crippen MR) is 74.5 cm³/mol. The Morgan fingerprint density at radius 1 is 0.895 bits per heavy atom. The summed E-state index contributed by atoms with van der Waals surface area (Å²) in [5.41, 5.74) is 6.20. The Morgan fingerprint density at radius 3 is 2.21 bits per heavy atom. The van der Waals surface area contributed by atoms with Gasteiger partial charge < -0.3 is 5.73 Å². The summed E-state index contributed by atoms with van der Waals surface area (Å²) in [6.07, 6.45) is 3.50. The molecule has 2 heterocycles. The summed E-state index contributed by atoms with van der Waals surface area (Å²) < 4.78 is 0. The molecule has 0 fully saturated rings. The van der Waals surface area contributed by atoms with Gasteiger partial charge in [-0.2, -0.15) is 0 Å². The van der Waals surface area contributed by atoms with Crippen LogP contribution in [-0.2, 0) is 0 Å². The Morgan fingerprint density at radius 2 is 1.63 bits per heavy atom. The van der Waals surface area contributed by atoms with E-state index in [1.165, 1.54) is 0 Å². The van der Waals surface area contributed by atoms with Crippen molar-refractivity contribution in [2.45, 2.75) is 0 Å². The molecule has 4 heteroatoms. The summed E-state index contributed by atoms with van der Waals surface area (Å²) in [7, 11) is 0. The molecule has 19 heavy (non-hydrogen) atoms. The van der Waals surface area contributed by atoms with E-state index in [4.69, 9.17) is 5.73 Å². The van der Waals surface area contributed by atoms with E-state index in [1.807, 2.05) is 48.5 Å². The molecule has 1 amide bonds. The molecule has 2 aromatic heterocycles. The molecule has 0 saturated heterocycles. The van der Waals surface area contributed by atoms with Gasteiger partial charge in [-0.25, -0.2) is 4.98 Å². The molecule has 0 atom stereocenters. The Bertz CT molecular complexity index is 642. The van der Waals surface area contributed by atoms with E-state index >= 15 is 0 Å². The SMILES string of the molecule is NC(=O)c1ccc2ccccc2n1.c1ccncc1. The Kier molecular flexibility index (Phi) is 4.18. The molecule has 0 unspecified atom stereocenters. The number of nitrogens with zero attached hydrogens (tertiary/aromatic N) is 2. The van der Waals surface area contributed by atoms with Gasteiger partial charge in [-0.3, -0.25) is 9.78 Å². The van der Waals surface area contributed by atoms with E-state index in [1.54, 1.807) is 18.5 Å². The number of fused-ring (bicyclic) bond motifs is 1. The minimum atomic E-state index is -0.495. The maximum atomic E-state index is 10.8. The third-order valence-electron chi connectivity index (χ3n) is 2.42. The number of aromatic nitrogens is 2. The molecular weight excluding hydrogens is 238 g/mol. The van der Waals surface area contributed by atoms with Gasteiger partial charge in [0, 0.05) is 17.8 Å². The average Bonchev–Trinajstić information content (AvgIpc) is 2.49. The zero-order valence-corrected chi connectivity index (χ0v) is 10.2. The zero-order valence-electron chi connectivity index (χ0n) is 10.2. The smallest absolute Gasteiger partial charge is 0.267 e. The molecule has 2 N–H and O–H groups in total. The molecule has 3 rings (SSSR count). The lowest BCUT2D eigenvalue weighted by Crippen LogP contribution is -2.12. The number of primary amides is 1. The first-order chi connectivity index (χ1) is 9.27. The van der Waals surface area contributed by atoms with Crippen molar-refractivity contribution in [2.75, 3.05) is 0 Å². The highest BCUT2D eigenvalue weighted by Crippen LogP contribution is 2.10. The Labute approximate surface area is 110 Å². The van der Waals surface area contributed by atoms with Gasteiger partial charge >= 0.3 is 0 Å². The molecule has 3 aromatic rings. The minimum Gasteiger partial charge on any atom is -0.364 e. The van der Waals surface area contributed by atoms with E-state index in [-0.39, 0.29) is 0 Å². The standard InChI is InChI=1S/C10H8N2O.C5H5N/c11-10(13)9-6-5-7-3-1-2-4-8(7)12-9;1-2-4-6-5-3-1/h1-6H,(H2,11,13);1-5H. The highest BCUT2D eigenvalue weighted by molar-refractivity contribution is 5.93. The van der Waals surface area contributed by atoms with Crippen molar-refractivity contribution < 1.29 is 4.79 Å². The molecule has 94 valence electrons. The number of pyridine rings is 2. The van der Waals surface area contributed by atoms with Gasteiger partial charge in [-0.1, -0.05) is 30.3 Å². The Balaban J connectivity index is 0.000000186. The zero-order chi connectivity index (χ0) is 13.5. The number of benzene rings is 1. The van der Waals surface area contributed by atoms with Crippen molar-refractivity contribution in [1.82, 2.24) is 9.97 Å². The molecule has 0 aliphatic heterocycles. The average molecular weight is 251 g/mol. The maximum Gasteiger partial charge on any atom is 0.267 e. The molecule has 0 spiro atoms. The van der Waals surface area contributed by atoms with E-state index < -0.39 is 5.91 Å². The lowest BCUT2D eigenvalue weighted by Gasteiger charge is -1.97. The van der Waals surface area contributed by atoms with Crippen molar-refractivity contribution >= 4 is 16.8 Å². The molecule has 0 aliphatic carbocycles. The first-order valence-electron chi connectivity index (χ1n) is 5.78. The molecule has 0 aliphatic rings. The fraction of sp³-hybridized carbons (Fsp3) is 0. The largest absolute Gasteiger partial charge is 0.364 e. The number of rotatable bonds is 1. The minimum absolute atomic E-state index is 0.304. The molecule has 4 nitrogen and oxygen atoms in total. The van der Waals surface area contributed by atoms with Crippen LogP contribution >= 0.6 is 0 Å². The third kappa shape index (κ3) is 3.61. The second kappa shape index (κ2) is 6.26. The summed E-state index contributed by atoms with van der Waals surface area (Å²) in [4.78, 5) is 18.7. The van der Waals surface area contributed by atoms with E-state index in [0.717, 1.165) is 10.9 Å². The molecular formula is C15H13N3O. The monoisotopic (exact) mass is 251 g/mol. The van der Waals surface area contributed by atoms with Gasteiger partial charge in [0.15, 0.2) is 0 Å². The fourth-order valence-electron chi connectivity index (χ4n) is 1.52. The van der Waals surface area contributed by atoms with Crippen LogP contribution in [0.3, 0.4) is 0 Å². The van der Waals surface area contributed by atoms with Gasteiger partial charge in [0.05, 0.1) is 5.52 Å². The highest BCUT2D eigenvalue weighted by atomic mass is 16.1.